The van der Waals surface area contributed by atoms with Crippen molar-refractivity contribution in [2.45, 2.75) is 32.8 Å². The van der Waals surface area contributed by atoms with Crippen molar-refractivity contribution < 1.29 is 17.9 Å². The summed E-state index contributed by atoms with van der Waals surface area (Å²) >= 11 is 1.41. The zero-order valence-electron chi connectivity index (χ0n) is 22.0. The average molecular weight is 564 g/mol. The summed E-state index contributed by atoms with van der Waals surface area (Å²) in [6.07, 6.45) is 2.01. The molecule has 38 heavy (non-hydrogen) atoms. The Morgan fingerprint density at radius 3 is 2.58 bits per heavy atom. The fraction of sp³-hybridized carbons (Fsp3) is 0.480. The van der Waals surface area contributed by atoms with E-state index in [1.54, 1.807) is 45.2 Å². The molecule has 2 aromatic heterocycles. The molecule has 0 saturated carbocycles. The van der Waals surface area contributed by atoms with Crippen LogP contribution in [0.3, 0.4) is 0 Å². The fourth-order valence-corrected chi connectivity index (χ4v) is 6.18. The Labute approximate surface area is 227 Å². The highest BCUT2D eigenvalue weighted by atomic mass is 32.2. The lowest BCUT2D eigenvalue weighted by Crippen LogP contribution is -2.44. The van der Waals surface area contributed by atoms with E-state index in [2.05, 4.69) is 36.9 Å². The van der Waals surface area contributed by atoms with Gasteiger partial charge >= 0.3 is 0 Å². The van der Waals surface area contributed by atoms with Crippen LogP contribution in [-0.4, -0.2) is 84.5 Å². The van der Waals surface area contributed by atoms with Crippen molar-refractivity contribution in [2.75, 3.05) is 60.5 Å². The van der Waals surface area contributed by atoms with E-state index in [0.717, 1.165) is 31.3 Å². The van der Waals surface area contributed by atoms with Crippen LogP contribution in [0.5, 0.6) is 0 Å². The quantitative estimate of drug-likeness (QED) is 0.340. The molecule has 0 radical (unpaired) electrons. The van der Waals surface area contributed by atoms with Crippen LogP contribution in [0.15, 0.2) is 30.5 Å². The summed E-state index contributed by atoms with van der Waals surface area (Å²) in [5, 5.41) is 13.8. The first-order valence-electron chi connectivity index (χ1n) is 12.5. The molecule has 1 aliphatic heterocycles. The molecular formula is C25H34FN7O3S2. The topological polar surface area (TPSA) is 124 Å². The number of likely N-dealkylation sites (N-methyl/N-ethyl adjacent to an activating group) is 1. The first-order chi connectivity index (χ1) is 18.0. The lowest BCUT2D eigenvalue weighted by Gasteiger charge is -2.32. The number of sulfonamides is 1. The molecule has 10 nitrogen and oxygen atoms in total. The van der Waals surface area contributed by atoms with Crippen LogP contribution in [0.1, 0.15) is 27.2 Å². The zero-order valence-corrected chi connectivity index (χ0v) is 23.7. The van der Waals surface area contributed by atoms with Gasteiger partial charge in [-0.15, -0.1) is 0 Å². The van der Waals surface area contributed by atoms with Crippen molar-refractivity contribution in [2.24, 2.45) is 0 Å². The summed E-state index contributed by atoms with van der Waals surface area (Å²) in [6.45, 7) is 8.68. The highest BCUT2D eigenvalue weighted by Gasteiger charge is 2.25. The second-order valence-electron chi connectivity index (χ2n) is 9.98. The fourth-order valence-electron chi connectivity index (χ4n) is 3.94. The molecule has 1 saturated heterocycles. The molecule has 3 aromatic rings. The van der Waals surface area contributed by atoms with Gasteiger partial charge in [0.1, 0.15) is 0 Å². The molecule has 1 aromatic carbocycles. The molecule has 0 unspecified atom stereocenters. The Bertz CT molecular complexity index is 1370. The second-order valence-corrected chi connectivity index (χ2v) is 12.8. The molecule has 0 aliphatic carbocycles. The van der Waals surface area contributed by atoms with E-state index < -0.39 is 21.4 Å². The molecule has 206 valence electrons. The van der Waals surface area contributed by atoms with Crippen molar-refractivity contribution in [1.29, 1.82) is 0 Å². The van der Waals surface area contributed by atoms with E-state index >= 15 is 4.39 Å². The van der Waals surface area contributed by atoms with Gasteiger partial charge in [-0.3, -0.25) is 4.72 Å². The van der Waals surface area contributed by atoms with Crippen LogP contribution in [-0.2, 0) is 10.0 Å². The van der Waals surface area contributed by atoms with Crippen LogP contribution in [0.25, 0.3) is 21.8 Å². The molecule has 4 rings (SSSR count). The van der Waals surface area contributed by atoms with Crippen LogP contribution >= 0.6 is 11.3 Å². The minimum absolute atomic E-state index is 0.104. The van der Waals surface area contributed by atoms with E-state index in [-0.39, 0.29) is 23.5 Å². The van der Waals surface area contributed by atoms with Crippen molar-refractivity contribution in [3.63, 3.8) is 0 Å². The van der Waals surface area contributed by atoms with Crippen molar-refractivity contribution in [3.05, 3.63) is 36.3 Å². The molecule has 0 bridgehead atoms. The maximum atomic E-state index is 15.8. The predicted molar refractivity (Wildman–Crippen MR) is 151 cm³/mol. The lowest BCUT2D eigenvalue weighted by molar-refractivity contribution is 0.0943. The molecular weight excluding hydrogens is 529 g/mol. The number of nitrogens with zero attached hydrogens (tertiary/aromatic N) is 5. The van der Waals surface area contributed by atoms with Gasteiger partial charge in [-0.2, -0.15) is 0 Å². The summed E-state index contributed by atoms with van der Waals surface area (Å²) in [4.78, 5) is 18.7. The Morgan fingerprint density at radius 2 is 1.89 bits per heavy atom. The van der Waals surface area contributed by atoms with Gasteiger partial charge in [-0.05, 0) is 45.5 Å². The van der Waals surface area contributed by atoms with Crippen LogP contribution in [0.4, 0.5) is 21.2 Å². The normalized spacial score (nSPS) is 15.1. The Balaban J connectivity index is 1.77. The third-order valence-corrected chi connectivity index (χ3v) is 8.56. The number of halogens is 1. The lowest BCUT2D eigenvalue weighted by atomic mass is 10.1. The van der Waals surface area contributed by atoms with Gasteiger partial charge in [0.15, 0.2) is 10.9 Å². The second kappa shape index (κ2) is 11.5. The summed E-state index contributed by atoms with van der Waals surface area (Å²) in [5.41, 5.74) is 0.0231. The van der Waals surface area contributed by atoms with Crippen molar-refractivity contribution in [3.8, 4) is 21.8 Å². The van der Waals surface area contributed by atoms with Gasteiger partial charge in [0, 0.05) is 44.5 Å². The summed E-state index contributed by atoms with van der Waals surface area (Å²) in [6, 6.07) is 6.33. The average Bonchev–Trinajstić information content (AvgIpc) is 3.29. The van der Waals surface area contributed by atoms with Gasteiger partial charge in [0.05, 0.1) is 33.3 Å². The first kappa shape index (κ1) is 28.1. The van der Waals surface area contributed by atoms with Gasteiger partial charge in [-0.1, -0.05) is 24.3 Å². The van der Waals surface area contributed by atoms with Gasteiger partial charge in [-0.25, -0.2) is 27.8 Å². The molecule has 13 heteroatoms. The van der Waals surface area contributed by atoms with Gasteiger partial charge < -0.3 is 20.2 Å². The summed E-state index contributed by atoms with van der Waals surface area (Å²) in [7, 11) is -1.61. The zero-order chi connectivity index (χ0) is 27.5. The Kier molecular flexibility index (Phi) is 8.50. The van der Waals surface area contributed by atoms with E-state index in [0.29, 0.717) is 28.6 Å². The number of aliphatic hydroxyl groups is 1. The molecule has 0 spiro atoms. The number of benzene rings is 1. The molecule has 1 fully saturated rings. The Morgan fingerprint density at radius 1 is 1.16 bits per heavy atom. The third-order valence-electron chi connectivity index (χ3n) is 5.95. The molecule has 0 amide bonds. The number of anilines is 3. The third kappa shape index (κ3) is 6.95. The van der Waals surface area contributed by atoms with E-state index in [1.807, 2.05) is 0 Å². The monoisotopic (exact) mass is 563 g/mol. The maximum Gasteiger partial charge on any atom is 0.232 e. The SMILES string of the molecule is CCCS(=O)(=O)Nc1cccc(-c2nc(N3CCN(C)CC3)sc2-c2ccnc(NCC(C)(C)O)n2)c1F. The highest BCUT2D eigenvalue weighted by molar-refractivity contribution is 7.92. The van der Waals surface area contributed by atoms with Crippen LogP contribution in [0, 0.1) is 5.82 Å². The number of aromatic nitrogens is 3. The number of hydrogen-bond donors (Lipinski definition) is 3. The summed E-state index contributed by atoms with van der Waals surface area (Å²) in [5.74, 6) is -0.474. The van der Waals surface area contributed by atoms with Crippen molar-refractivity contribution >= 4 is 38.1 Å². The molecule has 3 heterocycles. The van der Waals surface area contributed by atoms with E-state index in [9.17, 15) is 13.5 Å². The van der Waals surface area contributed by atoms with Crippen LogP contribution in [0.2, 0.25) is 0 Å². The van der Waals surface area contributed by atoms with Gasteiger partial charge in [0.2, 0.25) is 16.0 Å². The standard InChI is InChI=1S/C25H34FN7O3S2/c1-5-15-38(35,36)31-18-8-6-7-17(20(18)26)21-22(37-24(30-21)33-13-11-32(4)12-14-33)19-9-10-27-23(29-19)28-16-25(2,3)34/h6-10,31,34H,5,11-16H2,1-4H3,(H,27,28,29). The van der Waals surface area contributed by atoms with Gasteiger partial charge in [0.25, 0.3) is 0 Å². The Hall–Kier alpha value is -2.87. The largest absolute Gasteiger partial charge is 0.389 e. The minimum Gasteiger partial charge on any atom is -0.389 e. The van der Waals surface area contributed by atoms with Crippen LogP contribution < -0.4 is 14.9 Å². The molecule has 3 N–H and O–H groups in total. The number of hydrogen-bond acceptors (Lipinski definition) is 10. The minimum atomic E-state index is -3.68. The first-order valence-corrected chi connectivity index (χ1v) is 15.0. The van der Waals surface area contributed by atoms with E-state index in [4.69, 9.17) is 4.98 Å². The number of nitrogens with one attached hydrogen (secondary N) is 2. The number of rotatable bonds is 10. The highest BCUT2D eigenvalue weighted by Crippen LogP contribution is 2.42. The van der Waals surface area contributed by atoms with Crippen molar-refractivity contribution in [1.82, 2.24) is 19.9 Å². The predicted octanol–water partition coefficient (Wildman–Crippen LogP) is 3.49. The maximum absolute atomic E-state index is 15.8. The number of thiazole rings is 1. The smallest absolute Gasteiger partial charge is 0.232 e. The summed E-state index contributed by atoms with van der Waals surface area (Å²) < 4.78 is 42.9. The number of piperazine rings is 1. The van der Waals surface area contributed by atoms with E-state index in [1.165, 1.54) is 17.4 Å². The molecule has 0 atom stereocenters. The molecule has 1 aliphatic rings.